The molecule has 0 radical (unpaired) electrons. The highest BCUT2D eigenvalue weighted by Gasteiger charge is 2.15. The van der Waals surface area contributed by atoms with Crippen LogP contribution in [-0.4, -0.2) is 23.6 Å². The van der Waals surface area contributed by atoms with E-state index in [0.29, 0.717) is 17.2 Å². The largest absolute Gasteiger partial charge is 0.493 e. The Hall–Kier alpha value is -2.69. The van der Waals surface area contributed by atoms with E-state index >= 15 is 0 Å². The van der Waals surface area contributed by atoms with Gasteiger partial charge in [-0.25, -0.2) is 4.98 Å². The molecule has 22 heavy (non-hydrogen) atoms. The second-order valence-corrected chi connectivity index (χ2v) is 5.20. The molecular formula is C17H19N3O2. The van der Waals surface area contributed by atoms with Crippen LogP contribution >= 0.6 is 0 Å². The number of methoxy groups -OCH3 is 2. The van der Waals surface area contributed by atoms with Crippen LogP contribution in [0.2, 0.25) is 0 Å². The summed E-state index contributed by atoms with van der Waals surface area (Å²) in [6.45, 7) is 4.08. The molecule has 0 atom stereocenters. The highest BCUT2D eigenvalue weighted by atomic mass is 16.5. The lowest BCUT2D eigenvalue weighted by atomic mass is 10.1. The Morgan fingerprint density at radius 1 is 1.00 bits per heavy atom. The topological polar surface area (TPSA) is 61.8 Å². The Morgan fingerprint density at radius 3 is 2.36 bits per heavy atom. The highest BCUT2D eigenvalue weighted by Crippen LogP contribution is 2.34. The van der Waals surface area contributed by atoms with Crippen LogP contribution in [0.15, 0.2) is 30.3 Å². The normalized spacial score (nSPS) is 10.9. The molecular weight excluding hydrogens is 278 g/mol. The number of hydrogen-bond donors (Lipinski definition) is 1. The molecule has 5 nitrogen and oxygen atoms in total. The molecule has 0 unspecified atom stereocenters. The first-order valence-corrected chi connectivity index (χ1v) is 7.03. The van der Waals surface area contributed by atoms with Gasteiger partial charge in [0.05, 0.1) is 25.6 Å². The third kappa shape index (κ3) is 2.06. The first-order chi connectivity index (χ1) is 10.6. The van der Waals surface area contributed by atoms with E-state index in [4.69, 9.17) is 20.2 Å². The predicted octanol–water partition coefficient (Wildman–Crippen LogP) is 3.22. The van der Waals surface area contributed by atoms with E-state index in [-0.39, 0.29) is 0 Å². The Morgan fingerprint density at radius 2 is 1.73 bits per heavy atom. The standard InChI is InChI=1S/C17H19N3O2/c1-10-5-7-13(18)17-19-16(11(2)20(10)17)12-6-8-14(21-3)15(9-12)22-4/h5-9H,18H2,1-4H3. The molecule has 0 saturated heterocycles. The summed E-state index contributed by atoms with van der Waals surface area (Å²) in [7, 11) is 3.25. The lowest BCUT2D eigenvalue weighted by Gasteiger charge is -2.09. The van der Waals surface area contributed by atoms with Gasteiger partial charge in [-0.15, -0.1) is 0 Å². The monoisotopic (exact) mass is 297 g/mol. The molecule has 0 fully saturated rings. The summed E-state index contributed by atoms with van der Waals surface area (Å²) in [5, 5.41) is 0. The number of ether oxygens (including phenoxy) is 2. The van der Waals surface area contributed by atoms with E-state index in [0.717, 1.165) is 28.3 Å². The summed E-state index contributed by atoms with van der Waals surface area (Å²) in [6.07, 6.45) is 0. The van der Waals surface area contributed by atoms with Gasteiger partial charge in [-0.3, -0.25) is 4.40 Å². The van der Waals surface area contributed by atoms with Crippen LogP contribution in [0, 0.1) is 13.8 Å². The second-order valence-electron chi connectivity index (χ2n) is 5.20. The molecule has 2 N–H and O–H groups in total. The third-order valence-electron chi connectivity index (χ3n) is 3.88. The van der Waals surface area contributed by atoms with Crippen LogP contribution in [0.25, 0.3) is 16.9 Å². The van der Waals surface area contributed by atoms with Gasteiger partial charge in [-0.2, -0.15) is 0 Å². The fourth-order valence-corrected chi connectivity index (χ4v) is 2.74. The highest BCUT2D eigenvalue weighted by molar-refractivity contribution is 5.75. The number of aryl methyl sites for hydroxylation is 2. The van der Waals surface area contributed by atoms with Crippen molar-refractivity contribution in [3.8, 4) is 22.8 Å². The zero-order valence-electron chi connectivity index (χ0n) is 13.2. The number of pyridine rings is 1. The number of hydrogen-bond acceptors (Lipinski definition) is 4. The fourth-order valence-electron chi connectivity index (χ4n) is 2.74. The van der Waals surface area contributed by atoms with Crippen molar-refractivity contribution in [2.75, 3.05) is 20.0 Å². The smallest absolute Gasteiger partial charge is 0.161 e. The molecule has 0 bridgehead atoms. The zero-order chi connectivity index (χ0) is 15.9. The van der Waals surface area contributed by atoms with Crippen molar-refractivity contribution in [2.45, 2.75) is 13.8 Å². The maximum absolute atomic E-state index is 6.06. The maximum atomic E-state index is 6.06. The van der Waals surface area contributed by atoms with Crippen LogP contribution in [0.1, 0.15) is 11.4 Å². The molecule has 0 saturated carbocycles. The maximum Gasteiger partial charge on any atom is 0.161 e. The number of nitrogens with two attached hydrogens (primary N) is 1. The Labute approximate surface area is 129 Å². The molecule has 0 aliphatic rings. The molecule has 2 heterocycles. The number of imidazole rings is 1. The quantitative estimate of drug-likeness (QED) is 0.806. The van der Waals surface area contributed by atoms with Crippen LogP contribution in [-0.2, 0) is 0 Å². The Bertz CT molecular complexity index is 853. The lowest BCUT2D eigenvalue weighted by Crippen LogP contribution is -1.97. The molecule has 5 heteroatoms. The van der Waals surface area contributed by atoms with E-state index in [1.165, 1.54) is 0 Å². The van der Waals surface area contributed by atoms with E-state index in [9.17, 15) is 0 Å². The minimum Gasteiger partial charge on any atom is -0.493 e. The van der Waals surface area contributed by atoms with Gasteiger partial charge in [-0.1, -0.05) is 0 Å². The van der Waals surface area contributed by atoms with Gasteiger partial charge in [0, 0.05) is 17.0 Å². The van der Waals surface area contributed by atoms with Crippen molar-refractivity contribution < 1.29 is 9.47 Å². The number of anilines is 1. The van der Waals surface area contributed by atoms with Gasteiger partial charge in [0.1, 0.15) is 0 Å². The van der Waals surface area contributed by atoms with Crippen LogP contribution in [0.5, 0.6) is 11.5 Å². The SMILES string of the molecule is COc1ccc(-c2nc3c(N)ccc(C)n3c2C)cc1OC. The van der Waals surface area contributed by atoms with Gasteiger partial charge in [0.15, 0.2) is 17.1 Å². The van der Waals surface area contributed by atoms with Crippen molar-refractivity contribution in [1.82, 2.24) is 9.38 Å². The average Bonchev–Trinajstić information content (AvgIpc) is 2.89. The molecule has 0 spiro atoms. The summed E-state index contributed by atoms with van der Waals surface area (Å²) in [5.41, 5.74) is 11.5. The predicted molar refractivity (Wildman–Crippen MR) is 87.6 cm³/mol. The van der Waals surface area contributed by atoms with Gasteiger partial charge in [-0.05, 0) is 44.2 Å². The van der Waals surface area contributed by atoms with Crippen LogP contribution in [0.4, 0.5) is 5.69 Å². The summed E-state index contributed by atoms with van der Waals surface area (Å²) >= 11 is 0. The number of nitrogen functional groups attached to an aromatic ring is 1. The number of benzene rings is 1. The average molecular weight is 297 g/mol. The van der Waals surface area contributed by atoms with Crippen molar-refractivity contribution in [2.24, 2.45) is 0 Å². The molecule has 3 aromatic rings. The van der Waals surface area contributed by atoms with Crippen LogP contribution < -0.4 is 15.2 Å². The molecule has 1 aromatic carbocycles. The second kappa shape index (κ2) is 5.26. The molecule has 2 aromatic heterocycles. The number of aromatic nitrogens is 2. The fraction of sp³-hybridized carbons (Fsp3) is 0.235. The number of fused-ring (bicyclic) bond motifs is 1. The summed E-state index contributed by atoms with van der Waals surface area (Å²) in [4.78, 5) is 4.72. The molecule has 114 valence electrons. The summed E-state index contributed by atoms with van der Waals surface area (Å²) in [5.74, 6) is 1.38. The van der Waals surface area contributed by atoms with Gasteiger partial charge in [0.2, 0.25) is 0 Å². The molecule has 0 aliphatic carbocycles. The molecule has 0 aliphatic heterocycles. The molecule has 3 rings (SSSR count). The first-order valence-electron chi connectivity index (χ1n) is 7.03. The Balaban J connectivity index is 2.25. The number of nitrogens with zero attached hydrogens (tertiary/aromatic N) is 2. The zero-order valence-corrected chi connectivity index (χ0v) is 13.2. The van der Waals surface area contributed by atoms with Gasteiger partial charge < -0.3 is 15.2 Å². The van der Waals surface area contributed by atoms with Crippen molar-refractivity contribution in [3.05, 3.63) is 41.7 Å². The van der Waals surface area contributed by atoms with Crippen molar-refractivity contribution >= 4 is 11.3 Å². The lowest BCUT2D eigenvalue weighted by molar-refractivity contribution is 0.355. The summed E-state index contributed by atoms with van der Waals surface area (Å²) < 4.78 is 12.7. The first kappa shape index (κ1) is 14.3. The van der Waals surface area contributed by atoms with Gasteiger partial charge in [0.25, 0.3) is 0 Å². The van der Waals surface area contributed by atoms with E-state index < -0.39 is 0 Å². The minimum absolute atomic E-state index is 0.667. The van der Waals surface area contributed by atoms with E-state index in [2.05, 4.69) is 4.40 Å². The van der Waals surface area contributed by atoms with Crippen molar-refractivity contribution in [1.29, 1.82) is 0 Å². The Kier molecular flexibility index (Phi) is 3.41. The third-order valence-corrected chi connectivity index (χ3v) is 3.88. The van der Waals surface area contributed by atoms with Crippen LogP contribution in [0.3, 0.4) is 0 Å². The summed E-state index contributed by atoms with van der Waals surface area (Å²) in [6, 6.07) is 9.67. The van der Waals surface area contributed by atoms with E-state index in [1.54, 1.807) is 14.2 Å². The molecule has 0 amide bonds. The van der Waals surface area contributed by atoms with Crippen molar-refractivity contribution in [3.63, 3.8) is 0 Å². The van der Waals surface area contributed by atoms with E-state index in [1.807, 2.05) is 44.2 Å². The van der Waals surface area contributed by atoms with Gasteiger partial charge >= 0.3 is 0 Å². The number of rotatable bonds is 3. The minimum atomic E-state index is 0.667.